The second-order valence-electron chi connectivity index (χ2n) is 10.8. The summed E-state index contributed by atoms with van der Waals surface area (Å²) in [6.07, 6.45) is 3.44. The summed E-state index contributed by atoms with van der Waals surface area (Å²) in [7, 11) is -0.271. The number of methoxy groups -OCH3 is 3. The lowest BCUT2D eigenvalue weighted by molar-refractivity contribution is -0.133. The Morgan fingerprint density at radius 1 is 0.809 bits per heavy atom. The lowest BCUT2D eigenvalue weighted by atomic mass is 10.0. The van der Waals surface area contributed by atoms with Crippen molar-refractivity contribution in [2.45, 2.75) is 10.9 Å². The smallest absolute Gasteiger partial charge is 0.344 e. The highest BCUT2D eigenvalue weighted by molar-refractivity contribution is 7.90. The van der Waals surface area contributed by atoms with Gasteiger partial charge >= 0.3 is 5.69 Å². The van der Waals surface area contributed by atoms with E-state index in [4.69, 9.17) is 25.8 Å². The lowest BCUT2D eigenvalue weighted by Crippen LogP contribution is -2.51. The molecule has 3 heterocycles. The molecule has 0 N–H and O–H groups in total. The van der Waals surface area contributed by atoms with Gasteiger partial charge in [-0.15, -0.1) is 0 Å². The molecule has 2 aromatic heterocycles. The van der Waals surface area contributed by atoms with E-state index in [1.807, 2.05) is 12.1 Å². The van der Waals surface area contributed by atoms with E-state index in [1.165, 1.54) is 62.3 Å². The first-order chi connectivity index (χ1) is 22.7. The second-order valence-corrected chi connectivity index (χ2v) is 13.0. The fourth-order valence-corrected chi connectivity index (χ4v) is 7.54. The summed E-state index contributed by atoms with van der Waals surface area (Å²) in [5.41, 5.74) is 0.735. The Labute approximate surface area is 276 Å². The third-order valence-corrected chi connectivity index (χ3v) is 10.2. The molecule has 47 heavy (non-hydrogen) atoms. The fraction of sp³-hybridized carbons (Fsp3) is 0.242. The van der Waals surface area contributed by atoms with Gasteiger partial charge in [-0.2, -0.15) is 3.97 Å². The summed E-state index contributed by atoms with van der Waals surface area (Å²) >= 11 is 6.43. The van der Waals surface area contributed by atoms with Crippen molar-refractivity contribution in [1.29, 1.82) is 0 Å². The number of anilines is 1. The van der Waals surface area contributed by atoms with Crippen LogP contribution < -0.4 is 24.8 Å². The first-order valence-corrected chi connectivity index (χ1v) is 16.5. The summed E-state index contributed by atoms with van der Waals surface area (Å²) in [6.45, 7) is 1.87. The highest BCUT2D eigenvalue weighted by Crippen LogP contribution is 2.34. The molecular weight excluding hydrogens is 646 g/mol. The molecule has 1 saturated heterocycles. The van der Waals surface area contributed by atoms with Crippen LogP contribution in [-0.2, 0) is 14.8 Å². The Balaban J connectivity index is 1.51. The van der Waals surface area contributed by atoms with Crippen molar-refractivity contribution in [2.75, 3.05) is 52.4 Å². The van der Waals surface area contributed by atoms with Crippen LogP contribution in [0.15, 0.2) is 94.9 Å². The molecule has 0 radical (unpaired) electrons. The number of carbonyl (C=O) groups is 1. The van der Waals surface area contributed by atoms with Crippen LogP contribution in [0, 0.1) is 0 Å². The molecule has 1 unspecified atom stereocenters. The van der Waals surface area contributed by atoms with Gasteiger partial charge in [0.25, 0.3) is 15.9 Å². The van der Waals surface area contributed by atoms with Crippen LogP contribution >= 0.6 is 11.6 Å². The minimum absolute atomic E-state index is 0.0130. The highest BCUT2D eigenvalue weighted by atomic mass is 35.5. The molecule has 244 valence electrons. The average Bonchev–Trinajstić information content (AvgIpc) is 3.39. The number of fused-ring (bicyclic) bond motifs is 1. The number of aromatic nitrogens is 3. The number of pyridine rings is 1. The van der Waals surface area contributed by atoms with Gasteiger partial charge in [-0.25, -0.2) is 13.2 Å². The van der Waals surface area contributed by atoms with Gasteiger partial charge in [0.1, 0.15) is 28.2 Å². The summed E-state index contributed by atoms with van der Waals surface area (Å²) in [4.78, 5) is 36.8. The van der Waals surface area contributed by atoms with E-state index in [0.717, 1.165) is 5.69 Å². The topological polar surface area (TPSA) is 125 Å². The van der Waals surface area contributed by atoms with E-state index in [0.29, 0.717) is 47.2 Å². The van der Waals surface area contributed by atoms with E-state index in [-0.39, 0.29) is 32.6 Å². The molecule has 14 heteroatoms. The number of carbonyl (C=O) groups excluding carboxylic acids is 1. The summed E-state index contributed by atoms with van der Waals surface area (Å²) in [5.74, 6) is 0.542. The standard InChI is InChI=1S/C33H32ClN5O7S/c1-44-25-7-4-22(5-8-25)31(32(40)37-18-16-36(17-19-37)24-12-14-35-15-13-24)38-28-20-23(34)6-10-27(28)39(33(38)41)47(42,43)30-11-9-26(45-2)21-29(30)46-3/h4-15,20-21,31H,16-19H2,1-3H3. The SMILES string of the molecule is COc1ccc(C(C(=O)N2CCN(c3ccncc3)CC2)n2c(=O)n(S(=O)(=O)c3ccc(OC)cc3OC)c3ccc(Cl)cc32)cc1. The van der Waals surface area contributed by atoms with Crippen LogP contribution in [0.1, 0.15) is 11.6 Å². The number of rotatable bonds is 9. The first kappa shape index (κ1) is 32.0. The van der Waals surface area contributed by atoms with Crippen LogP contribution in [0.3, 0.4) is 0 Å². The Kier molecular flexibility index (Phi) is 8.84. The molecule has 0 saturated carbocycles. The van der Waals surface area contributed by atoms with Gasteiger partial charge in [-0.05, 0) is 60.2 Å². The van der Waals surface area contributed by atoms with Crippen LogP contribution in [-0.4, -0.2) is 80.3 Å². The third-order valence-electron chi connectivity index (χ3n) is 8.23. The van der Waals surface area contributed by atoms with E-state index in [1.54, 1.807) is 41.6 Å². The van der Waals surface area contributed by atoms with E-state index in [9.17, 15) is 18.0 Å². The molecule has 6 rings (SSSR count). The number of halogens is 1. The zero-order valence-electron chi connectivity index (χ0n) is 25.9. The Hall–Kier alpha value is -5.01. The van der Waals surface area contributed by atoms with Crippen molar-refractivity contribution in [1.82, 2.24) is 18.4 Å². The molecule has 0 spiro atoms. The van der Waals surface area contributed by atoms with Crippen molar-refractivity contribution in [3.63, 3.8) is 0 Å². The number of amides is 1. The van der Waals surface area contributed by atoms with Gasteiger partial charge in [0, 0.05) is 55.3 Å². The molecule has 1 amide bonds. The first-order valence-electron chi connectivity index (χ1n) is 14.7. The zero-order chi connectivity index (χ0) is 33.3. The van der Waals surface area contributed by atoms with Crippen molar-refractivity contribution < 1.29 is 27.4 Å². The number of benzene rings is 3. The number of piperazine rings is 1. The van der Waals surface area contributed by atoms with Gasteiger partial charge in [0.05, 0.1) is 32.4 Å². The van der Waals surface area contributed by atoms with Gasteiger partial charge in [0.2, 0.25) is 0 Å². The molecule has 0 bridgehead atoms. The second kappa shape index (κ2) is 13.0. The molecule has 1 fully saturated rings. The lowest BCUT2D eigenvalue weighted by Gasteiger charge is -2.37. The Morgan fingerprint density at radius 3 is 2.11 bits per heavy atom. The Morgan fingerprint density at radius 2 is 1.47 bits per heavy atom. The number of hydrogen-bond acceptors (Lipinski definition) is 9. The number of hydrogen-bond donors (Lipinski definition) is 0. The molecule has 5 aromatic rings. The van der Waals surface area contributed by atoms with Crippen molar-refractivity contribution in [3.05, 3.63) is 106 Å². The Bertz CT molecular complexity index is 2090. The summed E-state index contributed by atoms with van der Waals surface area (Å²) in [5, 5.41) is 0.259. The summed E-state index contributed by atoms with van der Waals surface area (Å²) in [6, 6.07) is 18.0. The number of nitrogens with zero attached hydrogens (tertiary/aromatic N) is 5. The van der Waals surface area contributed by atoms with Crippen LogP contribution in [0.5, 0.6) is 17.2 Å². The number of imidazole rings is 1. The molecule has 1 atom stereocenters. The quantitative estimate of drug-likeness (QED) is 0.227. The van der Waals surface area contributed by atoms with Crippen LogP contribution in [0.2, 0.25) is 5.02 Å². The molecule has 1 aliphatic heterocycles. The monoisotopic (exact) mass is 677 g/mol. The van der Waals surface area contributed by atoms with Gasteiger partial charge in [-0.1, -0.05) is 23.7 Å². The maximum atomic E-state index is 14.6. The van der Waals surface area contributed by atoms with Crippen molar-refractivity contribution >= 4 is 44.3 Å². The van der Waals surface area contributed by atoms with Crippen LogP contribution in [0.25, 0.3) is 11.0 Å². The van der Waals surface area contributed by atoms with Crippen molar-refractivity contribution in [2.24, 2.45) is 0 Å². The number of ether oxygens (including phenoxy) is 3. The predicted molar refractivity (Wildman–Crippen MR) is 178 cm³/mol. The fourth-order valence-electron chi connectivity index (χ4n) is 5.83. The maximum Gasteiger partial charge on any atom is 0.344 e. The predicted octanol–water partition coefficient (Wildman–Crippen LogP) is 4.05. The molecular formula is C33H32ClN5O7S. The normalized spacial score (nSPS) is 14.2. The van der Waals surface area contributed by atoms with Gasteiger partial charge in [0.15, 0.2) is 0 Å². The van der Waals surface area contributed by atoms with Crippen molar-refractivity contribution in [3.8, 4) is 17.2 Å². The molecule has 1 aliphatic rings. The minimum Gasteiger partial charge on any atom is -0.497 e. The van der Waals surface area contributed by atoms with Gasteiger partial charge < -0.3 is 24.0 Å². The van der Waals surface area contributed by atoms with Crippen LogP contribution in [0.4, 0.5) is 5.69 Å². The maximum absolute atomic E-state index is 14.6. The molecule has 12 nitrogen and oxygen atoms in total. The highest BCUT2D eigenvalue weighted by Gasteiger charge is 2.36. The molecule has 0 aliphatic carbocycles. The van der Waals surface area contributed by atoms with E-state index < -0.39 is 21.8 Å². The molecule has 3 aromatic carbocycles. The third kappa shape index (κ3) is 5.87. The summed E-state index contributed by atoms with van der Waals surface area (Å²) < 4.78 is 46.5. The van der Waals surface area contributed by atoms with Gasteiger partial charge in [-0.3, -0.25) is 14.3 Å². The zero-order valence-corrected chi connectivity index (χ0v) is 27.4. The van der Waals surface area contributed by atoms with E-state index >= 15 is 0 Å². The average molecular weight is 678 g/mol. The largest absolute Gasteiger partial charge is 0.497 e. The minimum atomic E-state index is -4.57. The van der Waals surface area contributed by atoms with E-state index in [2.05, 4.69) is 9.88 Å².